The zero-order valence-corrected chi connectivity index (χ0v) is 14.1. The third kappa shape index (κ3) is 4.17. The van der Waals surface area contributed by atoms with Crippen molar-refractivity contribution in [3.63, 3.8) is 0 Å². The maximum absolute atomic E-state index is 13.1. The van der Waals surface area contributed by atoms with Crippen LogP contribution in [0.3, 0.4) is 0 Å². The van der Waals surface area contributed by atoms with Crippen LogP contribution in [0, 0.1) is 0 Å². The van der Waals surface area contributed by atoms with Crippen molar-refractivity contribution in [2.45, 2.75) is 12.7 Å². The molecule has 0 fully saturated rings. The van der Waals surface area contributed by atoms with E-state index in [1.54, 1.807) is 12.1 Å². The predicted octanol–water partition coefficient (Wildman–Crippen LogP) is 3.21. The summed E-state index contributed by atoms with van der Waals surface area (Å²) >= 11 is 5.60. The highest BCUT2D eigenvalue weighted by Crippen LogP contribution is 2.36. The molecule has 0 spiro atoms. The van der Waals surface area contributed by atoms with E-state index in [1.165, 1.54) is 18.3 Å². The molecule has 1 N–H and O–H groups in total. The molecule has 2 heterocycles. The lowest BCUT2D eigenvalue weighted by molar-refractivity contribution is -0.137. The second-order valence-electron chi connectivity index (χ2n) is 5.31. The first-order chi connectivity index (χ1) is 12.8. The van der Waals surface area contributed by atoms with Gasteiger partial charge >= 0.3 is 11.9 Å². The minimum Gasteiger partial charge on any atom is -0.324 e. The topological polar surface area (TPSA) is 90.0 Å². The van der Waals surface area contributed by atoms with Crippen LogP contribution in [0.15, 0.2) is 51.9 Å². The van der Waals surface area contributed by atoms with Gasteiger partial charge < -0.3 is 5.32 Å². The smallest absolute Gasteiger partial charge is 0.324 e. The van der Waals surface area contributed by atoms with Crippen molar-refractivity contribution in [3.05, 3.63) is 63.7 Å². The van der Waals surface area contributed by atoms with Crippen LogP contribution < -0.4 is 11.1 Å². The quantitative estimate of drug-likeness (QED) is 0.728. The Morgan fingerprint density at radius 3 is 2.70 bits per heavy atom. The van der Waals surface area contributed by atoms with Gasteiger partial charge in [-0.25, -0.2) is 9.36 Å². The fourth-order valence-corrected chi connectivity index (χ4v) is 2.45. The minimum absolute atomic E-state index is 0.0251. The lowest BCUT2D eigenvalue weighted by Crippen LogP contribution is -2.26. The SMILES string of the molecule is O=C(Cn1c(-c2ccccn2)noc1=O)Nc1ccc(Cl)cc1C(F)(F)F. The van der Waals surface area contributed by atoms with Gasteiger partial charge in [0.25, 0.3) is 0 Å². The molecule has 0 bridgehead atoms. The Kier molecular flexibility index (Phi) is 5.00. The van der Waals surface area contributed by atoms with Crippen LogP contribution in [0.1, 0.15) is 5.56 Å². The van der Waals surface area contributed by atoms with E-state index in [9.17, 15) is 22.8 Å². The van der Waals surface area contributed by atoms with E-state index in [-0.39, 0.29) is 16.5 Å². The summed E-state index contributed by atoms with van der Waals surface area (Å²) in [5.74, 6) is -1.86. The van der Waals surface area contributed by atoms with Crippen molar-refractivity contribution in [1.29, 1.82) is 0 Å². The number of rotatable bonds is 4. The highest BCUT2D eigenvalue weighted by molar-refractivity contribution is 6.30. The Morgan fingerprint density at radius 1 is 1.26 bits per heavy atom. The third-order valence-corrected chi connectivity index (χ3v) is 3.68. The van der Waals surface area contributed by atoms with Crippen LogP contribution >= 0.6 is 11.6 Å². The summed E-state index contributed by atoms with van der Waals surface area (Å²) in [6, 6.07) is 7.73. The molecule has 1 amide bonds. The summed E-state index contributed by atoms with van der Waals surface area (Å²) in [6.45, 7) is -0.617. The van der Waals surface area contributed by atoms with Crippen LogP contribution in [0.5, 0.6) is 0 Å². The highest BCUT2D eigenvalue weighted by Gasteiger charge is 2.34. The van der Waals surface area contributed by atoms with Crippen molar-refractivity contribution in [3.8, 4) is 11.5 Å². The summed E-state index contributed by atoms with van der Waals surface area (Å²) in [4.78, 5) is 28.0. The number of nitrogens with one attached hydrogen (secondary N) is 1. The molecule has 0 saturated carbocycles. The lowest BCUT2D eigenvalue weighted by Gasteiger charge is -2.14. The number of benzene rings is 1. The van der Waals surface area contributed by atoms with Crippen LogP contribution in [0.4, 0.5) is 18.9 Å². The number of alkyl halides is 3. The monoisotopic (exact) mass is 398 g/mol. The lowest BCUT2D eigenvalue weighted by atomic mass is 10.1. The Morgan fingerprint density at radius 2 is 2.04 bits per heavy atom. The second kappa shape index (κ2) is 7.23. The third-order valence-electron chi connectivity index (χ3n) is 3.44. The molecule has 0 aliphatic carbocycles. The summed E-state index contributed by atoms with van der Waals surface area (Å²) in [5, 5.41) is 5.54. The van der Waals surface area contributed by atoms with Gasteiger partial charge in [0.15, 0.2) is 0 Å². The molecular formula is C16H10ClF3N4O3. The number of nitrogens with zero attached hydrogens (tertiary/aromatic N) is 3. The van der Waals surface area contributed by atoms with E-state index in [0.29, 0.717) is 6.07 Å². The van der Waals surface area contributed by atoms with Gasteiger partial charge in [-0.2, -0.15) is 13.2 Å². The van der Waals surface area contributed by atoms with E-state index < -0.39 is 35.6 Å². The molecule has 0 saturated heterocycles. The van der Waals surface area contributed by atoms with Crippen molar-refractivity contribution in [2.75, 3.05) is 5.32 Å². The summed E-state index contributed by atoms with van der Waals surface area (Å²) < 4.78 is 44.7. The molecule has 0 aliphatic heterocycles. The van der Waals surface area contributed by atoms with Crippen LogP contribution in [-0.2, 0) is 17.5 Å². The largest absolute Gasteiger partial charge is 0.442 e. The highest BCUT2D eigenvalue weighted by atomic mass is 35.5. The maximum atomic E-state index is 13.1. The molecule has 140 valence electrons. The first-order valence-electron chi connectivity index (χ1n) is 7.40. The average molecular weight is 399 g/mol. The number of anilines is 1. The van der Waals surface area contributed by atoms with Gasteiger partial charge in [-0.15, -0.1) is 0 Å². The maximum Gasteiger partial charge on any atom is 0.442 e. The molecule has 3 aromatic rings. The van der Waals surface area contributed by atoms with Crippen molar-refractivity contribution >= 4 is 23.2 Å². The van der Waals surface area contributed by atoms with E-state index in [2.05, 4.69) is 20.0 Å². The fourth-order valence-electron chi connectivity index (χ4n) is 2.28. The number of hydrogen-bond donors (Lipinski definition) is 1. The molecule has 2 aromatic heterocycles. The Balaban J connectivity index is 1.87. The number of carbonyl (C=O) groups is 1. The van der Waals surface area contributed by atoms with Crippen LogP contribution in [0.2, 0.25) is 5.02 Å². The number of aromatic nitrogens is 3. The molecular weight excluding hydrogens is 389 g/mol. The molecule has 0 unspecified atom stereocenters. The zero-order valence-electron chi connectivity index (χ0n) is 13.3. The standard InChI is InChI=1S/C16H10ClF3N4O3/c17-9-4-5-11(10(7-9)16(18,19)20)22-13(25)8-24-14(23-27-15(24)26)12-3-1-2-6-21-12/h1-7H,8H2,(H,22,25). The molecule has 1 aromatic carbocycles. The average Bonchev–Trinajstić information content (AvgIpc) is 2.97. The molecule has 27 heavy (non-hydrogen) atoms. The van der Waals surface area contributed by atoms with E-state index in [4.69, 9.17) is 11.6 Å². The van der Waals surface area contributed by atoms with Gasteiger partial charge in [-0.3, -0.25) is 14.3 Å². The molecule has 0 aliphatic rings. The Labute approximate surface area is 154 Å². The summed E-state index contributed by atoms with van der Waals surface area (Å²) in [6.07, 6.45) is -3.27. The van der Waals surface area contributed by atoms with Crippen molar-refractivity contribution < 1.29 is 22.5 Å². The van der Waals surface area contributed by atoms with Crippen molar-refractivity contribution in [1.82, 2.24) is 14.7 Å². The van der Waals surface area contributed by atoms with E-state index in [1.807, 2.05) is 0 Å². The van der Waals surface area contributed by atoms with Gasteiger partial charge in [0.1, 0.15) is 12.2 Å². The number of pyridine rings is 1. The molecule has 3 rings (SSSR count). The van der Waals surface area contributed by atoms with Gasteiger partial charge in [0, 0.05) is 11.2 Å². The fraction of sp³-hybridized carbons (Fsp3) is 0.125. The molecule has 0 radical (unpaired) electrons. The number of amides is 1. The zero-order chi connectivity index (χ0) is 19.6. The van der Waals surface area contributed by atoms with Gasteiger partial charge in [0.2, 0.25) is 11.7 Å². The van der Waals surface area contributed by atoms with E-state index >= 15 is 0 Å². The normalized spacial score (nSPS) is 11.4. The van der Waals surface area contributed by atoms with E-state index in [0.717, 1.165) is 10.6 Å². The number of carbonyl (C=O) groups excluding carboxylic acids is 1. The number of halogens is 4. The Bertz CT molecular complexity index is 1030. The van der Waals surface area contributed by atoms with Gasteiger partial charge in [-0.1, -0.05) is 22.8 Å². The summed E-state index contributed by atoms with van der Waals surface area (Å²) in [7, 11) is 0. The second-order valence-corrected chi connectivity index (χ2v) is 5.75. The molecule has 7 nitrogen and oxygen atoms in total. The minimum atomic E-state index is -4.72. The van der Waals surface area contributed by atoms with Gasteiger partial charge in [-0.05, 0) is 30.3 Å². The molecule has 0 atom stereocenters. The summed E-state index contributed by atoms with van der Waals surface area (Å²) in [5.41, 5.74) is -1.33. The number of hydrogen-bond acceptors (Lipinski definition) is 5. The first kappa shape index (κ1) is 18.6. The Hall–Kier alpha value is -3.14. The predicted molar refractivity (Wildman–Crippen MR) is 89.1 cm³/mol. The first-order valence-corrected chi connectivity index (χ1v) is 7.78. The molecule has 11 heteroatoms. The van der Waals surface area contributed by atoms with Crippen LogP contribution in [0.25, 0.3) is 11.5 Å². The van der Waals surface area contributed by atoms with Crippen LogP contribution in [-0.4, -0.2) is 20.6 Å². The van der Waals surface area contributed by atoms with Gasteiger partial charge in [0.05, 0.1) is 11.3 Å². The van der Waals surface area contributed by atoms with Crippen molar-refractivity contribution in [2.24, 2.45) is 0 Å².